The van der Waals surface area contributed by atoms with Crippen LogP contribution in [-0.4, -0.2) is 42.3 Å². The summed E-state index contributed by atoms with van der Waals surface area (Å²) in [4.78, 5) is 2.39. The summed E-state index contributed by atoms with van der Waals surface area (Å²) in [6.45, 7) is 4.61. The summed E-state index contributed by atoms with van der Waals surface area (Å²) in [5.41, 5.74) is 0.925. The fraction of sp³-hybridized carbons (Fsp3) is 0.600. The highest BCUT2D eigenvalue weighted by Gasteiger charge is 2.15. The zero-order valence-electron chi connectivity index (χ0n) is 11.6. The second kappa shape index (κ2) is 7.93. The predicted octanol–water partition coefficient (Wildman–Crippen LogP) is 2.42. The van der Waals surface area contributed by atoms with Crippen LogP contribution in [0.2, 0.25) is 5.02 Å². The molecule has 20 heavy (non-hydrogen) atoms. The maximum atomic E-state index is 12.9. The van der Waals surface area contributed by atoms with Gasteiger partial charge in [0.15, 0.2) is 0 Å². The lowest BCUT2D eigenvalue weighted by Gasteiger charge is -2.29. The van der Waals surface area contributed by atoms with E-state index in [2.05, 4.69) is 10.2 Å². The van der Waals surface area contributed by atoms with Gasteiger partial charge in [0.25, 0.3) is 0 Å². The number of halogens is 2. The standard InChI is InChI=1S/C15H22ClFN2O/c16-15-10-13(17)3-2-12(15)11-18-6-1-7-19-8-4-14(20)5-9-19/h2-3,10,14,18,20H,1,4-9,11H2. The molecule has 0 unspecified atom stereocenters. The highest BCUT2D eigenvalue weighted by molar-refractivity contribution is 6.31. The first-order valence-electron chi connectivity index (χ1n) is 7.20. The van der Waals surface area contributed by atoms with Gasteiger partial charge in [-0.25, -0.2) is 4.39 Å². The third-order valence-electron chi connectivity index (χ3n) is 3.72. The molecular weight excluding hydrogens is 279 g/mol. The number of hydrogen-bond acceptors (Lipinski definition) is 3. The van der Waals surface area contributed by atoms with Crippen LogP contribution in [0.15, 0.2) is 18.2 Å². The molecule has 5 heteroatoms. The fourth-order valence-electron chi connectivity index (χ4n) is 2.46. The molecule has 1 fully saturated rings. The number of nitrogens with one attached hydrogen (secondary N) is 1. The Morgan fingerprint density at radius 1 is 1.35 bits per heavy atom. The first-order chi connectivity index (χ1) is 9.65. The van der Waals surface area contributed by atoms with Crippen LogP contribution in [0.1, 0.15) is 24.8 Å². The van der Waals surface area contributed by atoms with Crippen molar-refractivity contribution in [3.05, 3.63) is 34.6 Å². The third kappa shape index (κ3) is 5.02. The molecule has 112 valence electrons. The first kappa shape index (κ1) is 15.7. The van der Waals surface area contributed by atoms with E-state index in [9.17, 15) is 9.50 Å². The van der Waals surface area contributed by atoms with Crippen LogP contribution in [0, 0.1) is 5.82 Å². The number of hydrogen-bond donors (Lipinski definition) is 2. The van der Waals surface area contributed by atoms with Crippen LogP contribution in [0.3, 0.4) is 0 Å². The van der Waals surface area contributed by atoms with Crippen LogP contribution in [0.4, 0.5) is 4.39 Å². The fourth-order valence-corrected chi connectivity index (χ4v) is 2.69. The Hall–Kier alpha value is -0.680. The van der Waals surface area contributed by atoms with Crippen LogP contribution in [0.5, 0.6) is 0 Å². The van der Waals surface area contributed by atoms with Gasteiger partial charge in [-0.3, -0.25) is 0 Å². The average Bonchev–Trinajstić information content (AvgIpc) is 2.42. The first-order valence-corrected chi connectivity index (χ1v) is 7.58. The maximum absolute atomic E-state index is 12.9. The lowest BCUT2D eigenvalue weighted by molar-refractivity contribution is 0.0821. The second-order valence-electron chi connectivity index (χ2n) is 5.34. The third-order valence-corrected chi connectivity index (χ3v) is 4.07. The van der Waals surface area contributed by atoms with Gasteiger partial charge >= 0.3 is 0 Å². The summed E-state index contributed by atoms with van der Waals surface area (Å²) < 4.78 is 12.9. The molecule has 0 saturated carbocycles. The van der Waals surface area contributed by atoms with E-state index in [1.54, 1.807) is 6.07 Å². The Morgan fingerprint density at radius 3 is 2.80 bits per heavy atom. The lowest BCUT2D eigenvalue weighted by atomic mass is 10.1. The minimum Gasteiger partial charge on any atom is -0.393 e. The summed E-state index contributed by atoms with van der Waals surface area (Å²) in [5, 5.41) is 13.2. The number of aliphatic hydroxyl groups is 1. The van der Waals surface area contributed by atoms with E-state index in [-0.39, 0.29) is 11.9 Å². The molecule has 1 aliphatic rings. The van der Waals surface area contributed by atoms with Crippen LogP contribution in [0.25, 0.3) is 0 Å². The SMILES string of the molecule is OC1CCN(CCCNCc2ccc(F)cc2Cl)CC1. The number of nitrogens with zero attached hydrogens (tertiary/aromatic N) is 1. The van der Waals surface area contributed by atoms with Gasteiger partial charge in [0.2, 0.25) is 0 Å². The van der Waals surface area contributed by atoms with Gasteiger partial charge < -0.3 is 15.3 Å². The topological polar surface area (TPSA) is 35.5 Å². The van der Waals surface area contributed by atoms with E-state index in [0.717, 1.165) is 51.0 Å². The summed E-state index contributed by atoms with van der Waals surface area (Å²) in [6, 6.07) is 4.50. The van der Waals surface area contributed by atoms with E-state index in [0.29, 0.717) is 11.6 Å². The summed E-state index contributed by atoms with van der Waals surface area (Å²) in [7, 11) is 0. The molecule has 1 aromatic rings. The Labute approximate surface area is 124 Å². The van der Waals surface area contributed by atoms with E-state index in [1.807, 2.05) is 0 Å². The Kier molecular flexibility index (Phi) is 6.23. The van der Waals surface area contributed by atoms with Crippen molar-refractivity contribution >= 4 is 11.6 Å². The van der Waals surface area contributed by atoms with Gasteiger partial charge in [-0.1, -0.05) is 17.7 Å². The zero-order chi connectivity index (χ0) is 14.4. The Bertz CT molecular complexity index is 422. The van der Waals surface area contributed by atoms with E-state index >= 15 is 0 Å². The zero-order valence-corrected chi connectivity index (χ0v) is 12.4. The van der Waals surface area contributed by atoms with E-state index < -0.39 is 0 Å². The van der Waals surface area contributed by atoms with Gasteiger partial charge in [0.1, 0.15) is 5.82 Å². The number of rotatable bonds is 6. The van der Waals surface area contributed by atoms with Crippen molar-refractivity contribution < 1.29 is 9.50 Å². The maximum Gasteiger partial charge on any atom is 0.124 e. The van der Waals surface area contributed by atoms with E-state index in [4.69, 9.17) is 11.6 Å². The molecule has 0 aliphatic carbocycles. The molecule has 1 saturated heterocycles. The quantitative estimate of drug-likeness (QED) is 0.792. The minimum absolute atomic E-state index is 0.106. The van der Waals surface area contributed by atoms with Crippen molar-refractivity contribution in [2.45, 2.75) is 31.9 Å². The summed E-state index contributed by atoms with van der Waals surface area (Å²) in [6.07, 6.45) is 2.73. The highest BCUT2D eigenvalue weighted by atomic mass is 35.5. The molecule has 1 heterocycles. The molecule has 0 aromatic heterocycles. The van der Waals surface area contributed by atoms with Crippen LogP contribution in [-0.2, 0) is 6.54 Å². The molecule has 0 atom stereocenters. The van der Waals surface area contributed by atoms with Crippen molar-refractivity contribution in [1.82, 2.24) is 10.2 Å². The number of likely N-dealkylation sites (tertiary alicyclic amines) is 1. The molecule has 1 aromatic carbocycles. The Balaban J connectivity index is 1.59. The van der Waals surface area contributed by atoms with Crippen LogP contribution >= 0.6 is 11.6 Å². The number of aliphatic hydroxyl groups excluding tert-OH is 1. The molecule has 3 nitrogen and oxygen atoms in total. The molecule has 2 rings (SSSR count). The van der Waals surface area contributed by atoms with Crippen molar-refractivity contribution in [3.63, 3.8) is 0 Å². The lowest BCUT2D eigenvalue weighted by Crippen LogP contribution is -2.37. The predicted molar refractivity (Wildman–Crippen MR) is 79.4 cm³/mol. The van der Waals surface area contributed by atoms with Gasteiger partial charge in [0.05, 0.1) is 6.10 Å². The molecule has 2 N–H and O–H groups in total. The molecule has 0 bridgehead atoms. The van der Waals surface area contributed by atoms with Gasteiger partial charge in [-0.15, -0.1) is 0 Å². The minimum atomic E-state index is -0.300. The van der Waals surface area contributed by atoms with Gasteiger partial charge in [0, 0.05) is 24.7 Å². The van der Waals surface area contributed by atoms with Crippen LogP contribution < -0.4 is 5.32 Å². The normalized spacial score (nSPS) is 17.6. The van der Waals surface area contributed by atoms with Gasteiger partial charge in [-0.05, 0) is 50.0 Å². The monoisotopic (exact) mass is 300 g/mol. The molecule has 0 spiro atoms. The number of piperidine rings is 1. The summed E-state index contributed by atoms with van der Waals surface area (Å²) >= 11 is 5.97. The molecule has 1 aliphatic heterocycles. The van der Waals surface area contributed by atoms with Gasteiger partial charge in [-0.2, -0.15) is 0 Å². The smallest absolute Gasteiger partial charge is 0.124 e. The van der Waals surface area contributed by atoms with Crippen molar-refractivity contribution in [2.75, 3.05) is 26.2 Å². The number of benzene rings is 1. The summed E-state index contributed by atoms with van der Waals surface area (Å²) in [5.74, 6) is -0.300. The molecule has 0 amide bonds. The largest absolute Gasteiger partial charge is 0.393 e. The Morgan fingerprint density at radius 2 is 2.10 bits per heavy atom. The molecular formula is C15H22ClFN2O. The van der Waals surface area contributed by atoms with Crippen molar-refractivity contribution in [2.24, 2.45) is 0 Å². The average molecular weight is 301 g/mol. The van der Waals surface area contributed by atoms with Crippen molar-refractivity contribution in [3.8, 4) is 0 Å². The van der Waals surface area contributed by atoms with Crippen molar-refractivity contribution in [1.29, 1.82) is 0 Å². The van der Waals surface area contributed by atoms with E-state index in [1.165, 1.54) is 12.1 Å². The molecule has 0 radical (unpaired) electrons. The second-order valence-corrected chi connectivity index (χ2v) is 5.75. The highest BCUT2D eigenvalue weighted by Crippen LogP contribution is 2.16.